The summed E-state index contributed by atoms with van der Waals surface area (Å²) in [6.45, 7) is 3.48. The maximum atomic E-state index is 10.7. The standard InChI is InChI=1S/C16H24N2O5/c19-8-7-17-5-6-18(11-14(20)10-17)9-13-3-1-2-4-15(13)23-12-16(21)22/h1-4,14,19-20H,5-12H2,(H,21,22)/t14-/m0/s1. The van der Waals surface area contributed by atoms with E-state index >= 15 is 0 Å². The fourth-order valence-corrected chi connectivity index (χ4v) is 2.76. The van der Waals surface area contributed by atoms with E-state index in [1.165, 1.54) is 0 Å². The van der Waals surface area contributed by atoms with E-state index in [1.54, 1.807) is 12.1 Å². The summed E-state index contributed by atoms with van der Waals surface area (Å²) in [5.74, 6) is -0.453. The zero-order valence-corrected chi connectivity index (χ0v) is 13.1. The van der Waals surface area contributed by atoms with Gasteiger partial charge in [0.25, 0.3) is 0 Å². The molecule has 1 aromatic carbocycles. The quantitative estimate of drug-likeness (QED) is 0.629. The highest BCUT2D eigenvalue weighted by Crippen LogP contribution is 2.20. The van der Waals surface area contributed by atoms with Crippen molar-refractivity contribution in [2.24, 2.45) is 0 Å². The zero-order valence-electron chi connectivity index (χ0n) is 13.1. The van der Waals surface area contributed by atoms with E-state index < -0.39 is 12.1 Å². The molecule has 7 nitrogen and oxygen atoms in total. The number of carboxylic acid groups (broad SMARTS) is 1. The van der Waals surface area contributed by atoms with E-state index in [0.717, 1.165) is 18.7 Å². The maximum absolute atomic E-state index is 10.7. The number of hydrogen-bond acceptors (Lipinski definition) is 6. The number of aliphatic carboxylic acids is 1. The molecular weight excluding hydrogens is 300 g/mol. The van der Waals surface area contributed by atoms with Gasteiger partial charge >= 0.3 is 5.97 Å². The summed E-state index contributed by atoms with van der Waals surface area (Å²) < 4.78 is 5.33. The second kappa shape index (κ2) is 8.83. The van der Waals surface area contributed by atoms with Crippen molar-refractivity contribution in [2.75, 3.05) is 45.9 Å². The van der Waals surface area contributed by atoms with Crippen LogP contribution in [0.25, 0.3) is 0 Å². The third-order valence-corrected chi connectivity index (χ3v) is 3.80. The van der Waals surface area contributed by atoms with Gasteiger partial charge in [-0.15, -0.1) is 0 Å². The highest BCUT2D eigenvalue weighted by atomic mass is 16.5. The molecule has 23 heavy (non-hydrogen) atoms. The number of carboxylic acids is 1. The number of aliphatic hydroxyl groups is 2. The van der Waals surface area contributed by atoms with E-state index in [1.807, 2.05) is 17.0 Å². The molecule has 0 aromatic heterocycles. The lowest BCUT2D eigenvalue weighted by Gasteiger charge is -2.22. The molecule has 0 bridgehead atoms. The fourth-order valence-electron chi connectivity index (χ4n) is 2.76. The molecule has 0 spiro atoms. The Kier molecular flexibility index (Phi) is 6.79. The molecule has 0 radical (unpaired) electrons. The van der Waals surface area contributed by atoms with Crippen LogP contribution in [0.4, 0.5) is 0 Å². The molecule has 3 N–H and O–H groups in total. The highest BCUT2D eigenvalue weighted by molar-refractivity contribution is 5.68. The molecule has 0 aliphatic carbocycles. The van der Waals surface area contributed by atoms with Gasteiger partial charge < -0.3 is 20.1 Å². The monoisotopic (exact) mass is 324 g/mol. The van der Waals surface area contributed by atoms with Crippen LogP contribution in [-0.4, -0.2) is 83.1 Å². The Morgan fingerprint density at radius 1 is 1.22 bits per heavy atom. The van der Waals surface area contributed by atoms with Gasteiger partial charge in [-0.2, -0.15) is 0 Å². The number of rotatable bonds is 7. The van der Waals surface area contributed by atoms with Crippen LogP contribution in [0.2, 0.25) is 0 Å². The van der Waals surface area contributed by atoms with E-state index in [9.17, 15) is 9.90 Å². The number of hydrogen-bond donors (Lipinski definition) is 3. The minimum absolute atomic E-state index is 0.0819. The Labute approximate surface area is 135 Å². The van der Waals surface area contributed by atoms with Crippen LogP contribution in [0.5, 0.6) is 5.75 Å². The third kappa shape index (κ3) is 5.80. The Morgan fingerprint density at radius 3 is 2.65 bits per heavy atom. The van der Waals surface area contributed by atoms with Gasteiger partial charge in [0.05, 0.1) is 12.7 Å². The molecule has 2 rings (SSSR count). The molecule has 1 aliphatic rings. The first-order chi connectivity index (χ1) is 11.1. The predicted molar refractivity (Wildman–Crippen MR) is 84.4 cm³/mol. The van der Waals surface area contributed by atoms with Crippen LogP contribution in [0.15, 0.2) is 24.3 Å². The van der Waals surface area contributed by atoms with Gasteiger partial charge in [0.2, 0.25) is 0 Å². The van der Waals surface area contributed by atoms with Gasteiger partial charge in [0.1, 0.15) is 5.75 Å². The van der Waals surface area contributed by atoms with Gasteiger partial charge in [-0.25, -0.2) is 4.79 Å². The van der Waals surface area contributed by atoms with Gasteiger partial charge in [-0.3, -0.25) is 9.80 Å². The van der Waals surface area contributed by atoms with E-state index in [4.69, 9.17) is 14.9 Å². The lowest BCUT2D eigenvalue weighted by Crippen LogP contribution is -2.34. The van der Waals surface area contributed by atoms with E-state index in [2.05, 4.69) is 4.90 Å². The molecule has 0 unspecified atom stereocenters. The number of carbonyl (C=O) groups is 1. The van der Waals surface area contributed by atoms with Crippen molar-refractivity contribution in [2.45, 2.75) is 12.6 Å². The topological polar surface area (TPSA) is 93.5 Å². The first kappa shape index (κ1) is 17.7. The number of nitrogens with zero attached hydrogens (tertiary/aromatic N) is 2. The third-order valence-electron chi connectivity index (χ3n) is 3.80. The molecule has 1 atom stereocenters. The predicted octanol–water partition coefficient (Wildman–Crippen LogP) is -0.379. The number of aliphatic hydroxyl groups excluding tert-OH is 2. The Hall–Kier alpha value is -1.67. The Bertz CT molecular complexity index is 511. The van der Waals surface area contributed by atoms with Gasteiger partial charge in [0, 0.05) is 44.8 Å². The van der Waals surface area contributed by atoms with Crippen molar-refractivity contribution in [3.05, 3.63) is 29.8 Å². The van der Waals surface area contributed by atoms with Crippen molar-refractivity contribution in [1.82, 2.24) is 9.80 Å². The fraction of sp³-hybridized carbons (Fsp3) is 0.562. The molecule has 1 aromatic rings. The largest absolute Gasteiger partial charge is 0.482 e. The van der Waals surface area contributed by atoms with Crippen LogP contribution in [0, 0.1) is 0 Å². The number of benzene rings is 1. The summed E-state index contributed by atoms with van der Waals surface area (Å²) in [4.78, 5) is 14.8. The lowest BCUT2D eigenvalue weighted by molar-refractivity contribution is -0.139. The van der Waals surface area contributed by atoms with Crippen LogP contribution in [-0.2, 0) is 11.3 Å². The van der Waals surface area contributed by atoms with Gasteiger partial charge in [0.15, 0.2) is 6.61 Å². The SMILES string of the molecule is O=C(O)COc1ccccc1CN1CCN(CCO)C[C@H](O)C1. The summed E-state index contributed by atoms with van der Waals surface area (Å²) >= 11 is 0. The second-order valence-electron chi connectivity index (χ2n) is 5.70. The number of β-amino-alcohol motifs (C(OH)–C–C–N with tert-alkyl or cyclic N) is 2. The van der Waals surface area contributed by atoms with Crippen LogP contribution in [0.1, 0.15) is 5.56 Å². The van der Waals surface area contributed by atoms with Gasteiger partial charge in [-0.05, 0) is 6.07 Å². The summed E-state index contributed by atoms with van der Waals surface area (Å²) in [5, 5.41) is 27.9. The van der Waals surface area contributed by atoms with Crippen LogP contribution in [0.3, 0.4) is 0 Å². The summed E-state index contributed by atoms with van der Waals surface area (Å²) in [7, 11) is 0. The molecule has 1 aliphatic heterocycles. The second-order valence-corrected chi connectivity index (χ2v) is 5.70. The molecule has 7 heteroatoms. The van der Waals surface area contributed by atoms with Crippen LogP contribution < -0.4 is 4.74 Å². The summed E-state index contributed by atoms with van der Waals surface area (Å²) in [5.41, 5.74) is 0.900. The summed E-state index contributed by atoms with van der Waals surface area (Å²) in [6.07, 6.45) is -0.476. The Morgan fingerprint density at radius 2 is 1.91 bits per heavy atom. The van der Waals surface area contributed by atoms with Crippen molar-refractivity contribution in [1.29, 1.82) is 0 Å². The van der Waals surface area contributed by atoms with Crippen molar-refractivity contribution >= 4 is 5.97 Å². The molecule has 0 amide bonds. The minimum Gasteiger partial charge on any atom is -0.482 e. The minimum atomic E-state index is -1.01. The molecular formula is C16H24N2O5. The van der Waals surface area contributed by atoms with E-state index in [-0.39, 0.29) is 13.2 Å². The molecule has 1 heterocycles. The zero-order chi connectivity index (χ0) is 16.7. The normalized spacial score (nSPS) is 20.2. The molecule has 128 valence electrons. The first-order valence-electron chi connectivity index (χ1n) is 7.74. The first-order valence-corrected chi connectivity index (χ1v) is 7.74. The van der Waals surface area contributed by atoms with Gasteiger partial charge in [-0.1, -0.05) is 18.2 Å². The molecule has 0 saturated carbocycles. The highest BCUT2D eigenvalue weighted by Gasteiger charge is 2.21. The van der Waals surface area contributed by atoms with E-state index in [0.29, 0.717) is 31.9 Å². The van der Waals surface area contributed by atoms with Crippen molar-refractivity contribution < 1.29 is 24.9 Å². The number of ether oxygens (including phenoxy) is 1. The number of para-hydroxylation sites is 1. The maximum Gasteiger partial charge on any atom is 0.341 e. The molecule has 1 saturated heterocycles. The molecule has 1 fully saturated rings. The average Bonchev–Trinajstić information content (AvgIpc) is 2.68. The van der Waals surface area contributed by atoms with Crippen molar-refractivity contribution in [3.63, 3.8) is 0 Å². The summed E-state index contributed by atoms with van der Waals surface area (Å²) in [6, 6.07) is 7.35. The van der Waals surface area contributed by atoms with Crippen LogP contribution >= 0.6 is 0 Å². The smallest absolute Gasteiger partial charge is 0.341 e. The Balaban J connectivity index is 1.99. The lowest BCUT2D eigenvalue weighted by atomic mass is 10.2. The van der Waals surface area contributed by atoms with Crippen molar-refractivity contribution in [3.8, 4) is 5.75 Å². The average molecular weight is 324 g/mol.